The van der Waals surface area contributed by atoms with E-state index in [2.05, 4.69) is 0 Å². The van der Waals surface area contributed by atoms with Gasteiger partial charge in [0, 0.05) is 25.4 Å². The molecule has 0 fully saturated rings. The van der Waals surface area contributed by atoms with Crippen molar-refractivity contribution in [3.05, 3.63) is 11.6 Å². The summed E-state index contributed by atoms with van der Waals surface area (Å²) in [6, 6.07) is -0.282. The molecule has 0 saturated heterocycles. The quantitative estimate of drug-likeness (QED) is 0.543. The van der Waals surface area contributed by atoms with E-state index in [4.69, 9.17) is 8.22 Å². The predicted octanol–water partition coefficient (Wildman–Crippen LogP) is 3.46. The lowest BCUT2D eigenvalue weighted by molar-refractivity contribution is 0.144. The van der Waals surface area contributed by atoms with E-state index >= 15 is 0 Å². The van der Waals surface area contributed by atoms with Crippen molar-refractivity contribution in [3.8, 4) is 0 Å². The fourth-order valence-electron chi connectivity index (χ4n) is 1.08. The SMILES string of the molecule is [2H]C1=C(C(C)(C)C)C([2H])C([2H])([2H])N(C(C)(C)C)C1([2H])[2H]. The molecule has 1 nitrogen and oxygen atoms in total. The summed E-state index contributed by atoms with van der Waals surface area (Å²) in [6.07, 6.45) is -1.28. The first kappa shape index (κ1) is 5.69. The van der Waals surface area contributed by atoms with Gasteiger partial charge in [-0.05, 0) is 32.6 Å². The van der Waals surface area contributed by atoms with Crippen molar-refractivity contribution in [2.75, 3.05) is 13.0 Å². The molecule has 0 radical (unpaired) electrons. The maximum absolute atomic E-state index is 8.25. The number of rotatable bonds is 0. The third-order valence-electron chi connectivity index (χ3n) is 2.12. The van der Waals surface area contributed by atoms with Crippen LogP contribution in [0.1, 0.15) is 56.2 Å². The molecular formula is C13H25N. The van der Waals surface area contributed by atoms with Crippen LogP contribution >= 0.6 is 0 Å². The molecule has 1 unspecified atom stereocenters. The molecule has 1 aliphatic heterocycles. The Kier molecular flexibility index (Phi) is 1.50. The van der Waals surface area contributed by atoms with Crippen molar-refractivity contribution >= 4 is 0 Å². The second-order valence-corrected chi connectivity index (χ2v) is 5.68. The summed E-state index contributed by atoms with van der Waals surface area (Å²) in [5.74, 6) is 0. The number of hydrogen-bond donors (Lipinski definition) is 0. The monoisotopic (exact) mass is 201 g/mol. The third-order valence-corrected chi connectivity index (χ3v) is 2.12. The van der Waals surface area contributed by atoms with E-state index in [-0.39, 0.29) is 11.6 Å². The van der Waals surface area contributed by atoms with Crippen molar-refractivity contribution in [2.24, 2.45) is 5.41 Å². The summed E-state index contributed by atoms with van der Waals surface area (Å²) in [5.41, 5.74) is -1.22. The second kappa shape index (κ2) is 3.69. The van der Waals surface area contributed by atoms with Gasteiger partial charge in [-0.1, -0.05) is 32.4 Å². The highest BCUT2D eigenvalue weighted by molar-refractivity contribution is 5.15. The van der Waals surface area contributed by atoms with Crippen LogP contribution in [0.5, 0.6) is 0 Å². The van der Waals surface area contributed by atoms with E-state index in [1.807, 2.05) is 0 Å². The Hall–Kier alpha value is -0.300. The van der Waals surface area contributed by atoms with E-state index in [1.165, 1.54) is 0 Å². The van der Waals surface area contributed by atoms with E-state index < -0.39 is 30.3 Å². The third kappa shape index (κ3) is 2.84. The highest BCUT2D eigenvalue weighted by Gasteiger charge is 2.26. The van der Waals surface area contributed by atoms with Crippen molar-refractivity contribution in [2.45, 2.75) is 53.5 Å². The highest BCUT2D eigenvalue weighted by Crippen LogP contribution is 2.31. The molecule has 0 aromatic carbocycles. The Labute approximate surface area is 97.6 Å². The topological polar surface area (TPSA) is 3.24 Å². The summed E-state index contributed by atoms with van der Waals surface area (Å²) < 4.78 is 49.4. The summed E-state index contributed by atoms with van der Waals surface area (Å²) in [4.78, 5) is 1.02. The van der Waals surface area contributed by atoms with Crippen LogP contribution in [-0.4, -0.2) is 23.4 Å². The van der Waals surface area contributed by atoms with Gasteiger partial charge in [-0.2, -0.15) is 0 Å². The molecular weight excluding hydrogens is 170 g/mol. The molecule has 0 amide bonds. The Morgan fingerprint density at radius 1 is 1.29 bits per heavy atom. The van der Waals surface area contributed by atoms with Gasteiger partial charge in [-0.15, -0.1) is 0 Å². The van der Waals surface area contributed by atoms with Crippen molar-refractivity contribution < 1.29 is 8.22 Å². The average Bonchev–Trinajstić information content (AvgIpc) is 2.09. The molecule has 14 heavy (non-hydrogen) atoms. The van der Waals surface area contributed by atoms with E-state index in [0.717, 1.165) is 4.90 Å². The molecule has 0 aromatic rings. The zero-order valence-corrected chi connectivity index (χ0v) is 10.0. The Balaban J connectivity index is 3.66. The van der Waals surface area contributed by atoms with Gasteiger partial charge >= 0.3 is 0 Å². The first-order valence-electron chi connectivity index (χ1n) is 8.08. The molecule has 82 valence electrons. The molecule has 0 N–H and O–H groups in total. The summed E-state index contributed by atoms with van der Waals surface area (Å²) in [6.45, 7) is 6.06. The van der Waals surface area contributed by atoms with Gasteiger partial charge in [0.2, 0.25) is 0 Å². The normalized spacial score (nSPS) is 40.3. The minimum atomic E-state index is -2.23. The fourth-order valence-corrected chi connectivity index (χ4v) is 1.08. The predicted molar refractivity (Wildman–Crippen MR) is 63.5 cm³/mol. The first-order chi connectivity index (χ1) is 8.55. The number of hydrogen-bond acceptors (Lipinski definition) is 1. The zero-order valence-electron chi connectivity index (χ0n) is 16.0. The Morgan fingerprint density at radius 2 is 1.86 bits per heavy atom. The minimum absolute atomic E-state index is 0.230. The fraction of sp³-hybridized carbons (Fsp3) is 0.846. The van der Waals surface area contributed by atoms with Crippen LogP contribution in [0.25, 0.3) is 0 Å². The van der Waals surface area contributed by atoms with Gasteiger partial charge in [0.05, 0.1) is 1.37 Å². The largest absolute Gasteiger partial charge is 0.295 e. The lowest BCUT2D eigenvalue weighted by Crippen LogP contribution is -2.44. The van der Waals surface area contributed by atoms with Crippen LogP contribution in [0.15, 0.2) is 11.6 Å². The van der Waals surface area contributed by atoms with Crippen LogP contribution in [-0.2, 0) is 0 Å². The summed E-state index contributed by atoms with van der Waals surface area (Å²) >= 11 is 0. The van der Waals surface area contributed by atoms with Gasteiger partial charge in [0.25, 0.3) is 0 Å². The summed E-state index contributed by atoms with van der Waals surface area (Å²) in [7, 11) is 0. The van der Waals surface area contributed by atoms with Gasteiger partial charge in [0.15, 0.2) is 0 Å². The highest BCUT2D eigenvalue weighted by atomic mass is 15.2. The van der Waals surface area contributed by atoms with E-state index in [9.17, 15) is 0 Å². The van der Waals surface area contributed by atoms with E-state index in [1.54, 1.807) is 41.5 Å². The van der Waals surface area contributed by atoms with Gasteiger partial charge < -0.3 is 0 Å². The van der Waals surface area contributed by atoms with Crippen molar-refractivity contribution in [1.82, 2.24) is 4.90 Å². The van der Waals surface area contributed by atoms with Gasteiger partial charge in [-0.25, -0.2) is 0 Å². The zero-order chi connectivity index (χ0) is 16.3. The smallest absolute Gasteiger partial charge is 0.0589 e. The molecule has 0 bridgehead atoms. The van der Waals surface area contributed by atoms with Crippen LogP contribution in [0.3, 0.4) is 0 Å². The lowest BCUT2D eigenvalue weighted by atomic mass is 9.82. The van der Waals surface area contributed by atoms with Gasteiger partial charge in [0.1, 0.15) is 0 Å². The summed E-state index contributed by atoms with van der Waals surface area (Å²) in [5, 5.41) is 0. The minimum Gasteiger partial charge on any atom is -0.295 e. The van der Waals surface area contributed by atoms with Crippen molar-refractivity contribution in [1.29, 1.82) is 0 Å². The molecule has 0 spiro atoms. The molecule has 1 heteroatoms. The number of nitrogens with zero attached hydrogens (tertiary/aromatic N) is 1. The van der Waals surface area contributed by atoms with Crippen LogP contribution in [0.4, 0.5) is 0 Å². The second-order valence-electron chi connectivity index (χ2n) is 5.68. The molecule has 1 rings (SSSR count). The van der Waals surface area contributed by atoms with E-state index in [0.29, 0.717) is 0 Å². The standard InChI is InChI=1S/C13H25N/c1-12(2,3)11-7-9-14(10-8-11)13(4,5)6/h7H,8-10H2,1-6H3/i7D,8D,9D2,10D2. The molecule has 1 atom stereocenters. The Bertz CT molecular complexity index is 427. The van der Waals surface area contributed by atoms with Crippen LogP contribution < -0.4 is 0 Å². The van der Waals surface area contributed by atoms with Crippen LogP contribution in [0.2, 0.25) is 0 Å². The van der Waals surface area contributed by atoms with Crippen LogP contribution in [0, 0.1) is 5.41 Å². The van der Waals surface area contributed by atoms with Crippen molar-refractivity contribution in [3.63, 3.8) is 0 Å². The lowest BCUT2D eigenvalue weighted by Gasteiger charge is -2.39. The molecule has 0 aromatic heterocycles. The molecule has 1 heterocycles. The first-order valence-corrected chi connectivity index (χ1v) is 5.00. The maximum Gasteiger partial charge on any atom is 0.0589 e. The molecule has 0 saturated carbocycles. The Morgan fingerprint density at radius 3 is 2.29 bits per heavy atom. The van der Waals surface area contributed by atoms with Gasteiger partial charge in [-0.3, -0.25) is 4.90 Å². The average molecular weight is 201 g/mol. The maximum atomic E-state index is 8.25. The molecule has 1 aliphatic rings. The molecule has 0 aliphatic carbocycles.